The van der Waals surface area contributed by atoms with Crippen LogP contribution in [0.5, 0.6) is 11.6 Å². The summed E-state index contributed by atoms with van der Waals surface area (Å²) >= 11 is 1.16. The monoisotopic (exact) mass is 554 g/mol. The summed E-state index contributed by atoms with van der Waals surface area (Å²) in [5.74, 6) is 0.0801. The second kappa shape index (κ2) is 10.4. The molecule has 1 aliphatic heterocycles. The average molecular weight is 555 g/mol. The number of carbonyl (C=O) groups is 3. The van der Waals surface area contributed by atoms with E-state index in [0.717, 1.165) is 24.2 Å². The first-order chi connectivity index (χ1) is 19.5. The van der Waals surface area contributed by atoms with Crippen LogP contribution in [0.25, 0.3) is 10.2 Å². The van der Waals surface area contributed by atoms with Crippen molar-refractivity contribution < 1.29 is 19.1 Å². The molecule has 0 unspecified atom stereocenters. The lowest BCUT2D eigenvalue weighted by molar-refractivity contribution is -0.117. The Labute approximate surface area is 234 Å². The molecule has 0 spiro atoms. The number of rotatable bonds is 7. The lowest BCUT2D eigenvalue weighted by atomic mass is 9.88. The van der Waals surface area contributed by atoms with Gasteiger partial charge in [-0.2, -0.15) is 0 Å². The average Bonchev–Trinajstić information content (AvgIpc) is 3.36. The Morgan fingerprint density at radius 3 is 2.60 bits per heavy atom. The van der Waals surface area contributed by atoms with Crippen molar-refractivity contribution in [1.29, 1.82) is 0 Å². The molecule has 10 nitrogen and oxygen atoms in total. The topological polar surface area (TPSA) is 131 Å². The summed E-state index contributed by atoms with van der Waals surface area (Å²) in [4.78, 5) is 52.2. The van der Waals surface area contributed by atoms with Gasteiger partial charge in [-0.25, -0.2) is 14.8 Å². The van der Waals surface area contributed by atoms with E-state index in [1.165, 1.54) is 6.08 Å². The van der Waals surface area contributed by atoms with Crippen molar-refractivity contribution >= 4 is 56.5 Å². The molecule has 3 aromatic heterocycles. The molecule has 1 saturated carbocycles. The van der Waals surface area contributed by atoms with Crippen LogP contribution in [0.1, 0.15) is 35.4 Å². The zero-order chi connectivity index (χ0) is 27.8. The van der Waals surface area contributed by atoms with Crippen LogP contribution in [0.4, 0.5) is 21.9 Å². The van der Waals surface area contributed by atoms with Gasteiger partial charge in [0.05, 0.1) is 34.5 Å². The molecule has 4 aromatic rings. The Balaban J connectivity index is 1.46. The zero-order valence-corrected chi connectivity index (χ0v) is 22.3. The minimum absolute atomic E-state index is 0.265. The predicted molar refractivity (Wildman–Crippen MR) is 153 cm³/mol. The van der Waals surface area contributed by atoms with Gasteiger partial charge in [0.15, 0.2) is 0 Å². The van der Waals surface area contributed by atoms with Crippen molar-refractivity contribution in [2.75, 3.05) is 9.80 Å². The van der Waals surface area contributed by atoms with Crippen molar-refractivity contribution in [3.63, 3.8) is 0 Å². The molecule has 0 bridgehead atoms. The van der Waals surface area contributed by atoms with E-state index in [4.69, 9.17) is 10.5 Å². The van der Waals surface area contributed by atoms with E-state index >= 15 is 0 Å². The largest absolute Gasteiger partial charge is 0.439 e. The van der Waals surface area contributed by atoms with Gasteiger partial charge in [0.25, 0.3) is 5.91 Å². The lowest BCUT2D eigenvalue weighted by Gasteiger charge is -2.44. The molecule has 202 valence electrons. The molecule has 6 rings (SSSR count). The van der Waals surface area contributed by atoms with Crippen molar-refractivity contribution in [1.82, 2.24) is 15.3 Å². The quantitative estimate of drug-likeness (QED) is 0.299. The molecule has 40 heavy (non-hydrogen) atoms. The number of aromatic nitrogens is 2. The number of nitrogens with one attached hydrogen (secondary N) is 1. The number of amides is 4. The van der Waals surface area contributed by atoms with E-state index in [-0.39, 0.29) is 22.9 Å². The minimum Gasteiger partial charge on any atom is -0.439 e. The predicted octanol–water partition coefficient (Wildman–Crippen LogP) is 5.27. The van der Waals surface area contributed by atoms with E-state index in [2.05, 4.69) is 21.9 Å². The number of anilines is 3. The molecule has 4 heterocycles. The molecule has 1 fully saturated rings. The molecule has 0 radical (unpaired) electrons. The van der Waals surface area contributed by atoms with Gasteiger partial charge in [-0.1, -0.05) is 25.5 Å². The summed E-state index contributed by atoms with van der Waals surface area (Å²) in [7, 11) is 0. The third-order valence-corrected chi connectivity index (χ3v) is 8.28. The summed E-state index contributed by atoms with van der Waals surface area (Å²) in [6.45, 7) is 3.57. The maximum Gasteiger partial charge on any atom is 0.334 e. The fraction of sp³-hybridized carbons (Fsp3) is 0.207. The normalized spacial score (nSPS) is 18.4. The fourth-order valence-electron chi connectivity index (χ4n) is 5.46. The molecule has 11 heteroatoms. The first-order valence-corrected chi connectivity index (χ1v) is 13.7. The van der Waals surface area contributed by atoms with Crippen LogP contribution in [0, 0.1) is 0 Å². The van der Waals surface area contributed by atoms with E-state index in [0.29, 0.717) is 51.7 Å². The number of nitrogens with two attached hydrogens (primary N) is 1. The number of pyridine rings is 2. The summed E-state index contributed by atoms with van der Waals surface area (Å²) in [5.41, 5.74) is 7.48. The highest BCUT2D eigenvalue weighted by atomic mass is 32.1. The first-order valence-electron chi connectivity index (χ1n) is 12.9. The fourth-order valence-corrected chi connectivity index (χ4v) is 6.47. The van der Waals surface area contributed by atoms with Gasteiger partial charge in [-0.3, -0.25) is 19.4 Å². The van der Waals surface area contributed by atoms with Crippen molar-refractivity contribution in [3.8, 4) is 11.6 Å². The highest BCUT2D eigenvalue weighted by Crippen LogP contribution is 2.50. The van der Waals surface area contributed by atoms with Gasteiger partial charge in [0.1, 0.15) is 15.5 Å². The first kappa shape index (κ1) is 25.5. The molecular weight excluding hydrogens is 528 g/mol. The molecule has 4 amide bonds. The Kier molecular flexibility index (Phi) is 6.64. The van der Waals surface area contributed by atoms with E-state index in [1.807, 2.05) is 6.07 Å². The van der Waals surface area contributed by atoms with E-state index < -0.39 is 11.9 Å². The van der Waals surface area contributed by atoms with Crippen LogP contribution < -0.4 is 25.6 Å². The molecule has 3 N–H and O–H groups in total. The molecule has 0 saturated heterocycles. The maximum absolute atomic E-state index is 14.5. The Morgan fingerprint density at radius 2 is 1.88 bits per heavy atom. The number of urea groups is 1. The zero-order valence-electron chi connectivity index (χ0n) is 21.4. The maximum atomic E-state index is 14.5. The van der Waals surface area contributed by atoms with Crippen LogP contribution in [0.2, 0.25) is 0 Å². The molecule has 2 aliphatic rings. The molecule has 1 aliphatic carbocycles. The van der Waals surface area contributed by atoms with Gasteiger partial charge in [0.2, 0.25) is 11.8 Å². The minimum atomic E-state index is -0.631. The van der Waals surface area contributed by atoms with Gasteiger partial charge < -0.3 is 15.8 Å². The van der Waals surface area contributed by atoms with Gasteiger partial charge in [-0.15, -0.1) is 11.3 Å². The van der Waals surface area contributed by atoms with Crippen LogP contribution in [0.3, 0.4) is 0 Å². The summed E-state index contributed by atoms with van der Waals surface area (Å²) in [5, 5.41) is 3.67. The Hall–Kier alpha value is -4.77. The summed E-state index contributed by atoms with van der Waals surface area (Å²) < 4.78 is 5.84. The molecule has 1 aromatic carbocycles. The highest BCUT2D eigenvalue weighted by molar-refractivity contribution is 7.21. The number of ether oxygens (including phenoxy) is 1. The second-order valence-corrected chi connectivity index (χ2v) is 10.6. The molecule has 2 atom stereocenters. The van der Waals surface area contributed by atoms with Gasteiger partial charge >= 0.3 is 6.03 Å². The lowest BCUT2D eigenvalue weighted by Crippen LogP contribution is -2.58. The van der Waals surface area contributed by atoms with Gasteiger partial charge in [0, 0.05) is 18.5 Å². The number of hydrogen-bond acceptors (Lipinski definition) is 7. The number of benzene rings is 1. The Morgan fingerprint density at radius 1 is 1.07 bits per heavy atom. The van der Waals surface area contributed by atoms with E-state index in [1.54, 1.807) is 64.7 Å². The highest BCUT2D eigenvalue weighted by Gasteiger charge is 2.44. The number of nitrogens with zero attached hydrogens (tertiary/aromatic N) is 4. The Bertz CT molecular complexity index is 1620. The standard InChI is InChI=1S/C29H26N6O4S/c1-2-22(36)33-19-7-3-4-8-20(19)35-25-24-21(14-16-32-28(24)40-26(25)27(30)37)34(29(35)38)17-10-12-18(13-11-17)39-23-9-5-6-15-31-23/h2,5-6,9-16,19-20H,1,3-4,7-8H2,(H2,30,37)(H,33,36)/t19-,20+/m0/s1. The van der Waals surface area contributed by atoms with Crippen LogP contribution in [-0.4, -0.2) is 39.9 Å². The van der Waals surface area contributed by atoms with Crippen LogP contribution in [-0.2, 0) is 4.79 Å². The third kappa shape index (κ3) is 4.43. The third-order valence-electron chi connectivity index (χ3n) is 7.18. The van der Waals surface area contributed by atoms with Crippen molar-refractivity contribution in [2.24, 2.45) is 5.73 Å². The summed E-state index contributed by atoms with van der Waals surface area (Å²) in [6.07, 6.45) is 7.59. The SMILES string of the molecule is C=CC(=O)N[C@H]1CCCC[C@H]1N1C(=O)N(c2ccc(Oc3ccccn3)cc2)c2ccnc3sc(C(N)=O)c1c23. The number of thiophene rings is 1. The van der Waals surface area contributed by atoms with Crippen LogP contribution >= 0.6 is 11.3 Å². The number of primary amides is 1. The van der Waals surface area contributed by atoms with Crippen LogP contribution in [0.15, 0.2) is 73.6 Å². The molecular formula is C29H26N6O4S. The second-order valence-electron chi connectivity index (χ2n) is 9.58. The van der Waals surface area contributed by atoms with E-state index in [9.17, 15) is 14.4 Å². The van der Waals surface area contributed by atoms with Crippen molar-refractivity contribution in [2.45, 2.75) is 37.8 Å². The smallest absolute Gasteiger partial charge is 0.334 e. The summed E-state index contributed by atoms with van der Waals surface area (Å²) in [6, 6.07) is 13.2. The van der Waals surface area contributed by atoms with Gasteiger partial charge in [-0.05, 0) is 55.3 Å². The number of carbonyl (C=O) groups excluding carboxylic acids is 3. The number of hydrogen-bond donors (Lipinski definition) is 2. The van der Waals surface area contributed by atoms with Crippen molar-refractivity contribution in [3.05, 3.63) is 78.5 Å².